The minimum absolute atomic E-state index is 0.0250. The van der Waals surface area contributed by atoms with Crippen LogP contribution in [0.2, 0.25) is 0 Å². The Morgan fingerprint density at radius 3 is 2.24 bits per heavy atom. The summed E-state index contributed by atoms with van der Waals surface area (Å²) in [6.07, 6.45) is 0.193. The molecule has 0 radical (unpaired) electrons. The quantitative estimate of drug-likeness (QED) is 0.817. The molecule has 0 spiro atoms. The number of benzene rings is 2. The molecule has 1 saturated heterocycles. The predicted octanol–water partition coefficient (Wildman–Crippen LogP) is 3.47. The average molecular weight is 393 g/mol. The van der Waals surface area contributed by atoms with Gasteiger partial charge in [0.25, 0.3) is 5.91 Å². The summed E-state index contributed by atoms with van der Waals surface area (Å²) in [6.45, 7) is 7.55. The normalized spacial score (nSPS) is 16.0. The van der Waals surface area contributed by atoms with Gasteiger partial charge in [0.05, 0.1) is 5.92 Å². The number of anilines is 2. The van der Waals surface area contributed by atoms with E-state index in [1.165, 1.54) is 0 Å². The van der Waals surface area contributed by atoms with E-state index in [9.17, 15) is 14.4 Å². The summed E-state index contributed by atoms with van der Waals surface area (Å²) >= 11 is 0. The maximum absolute atomic E-state index is 12.6. The number of nitrogens with zero attached hydrogens (tertiary/aromatic N) is 2. The Bertz CT molecular complexity index is 887. The third-order valence-electron chi connectivity index (χ3n) is 5.29. The Morgan fingerprint density at radius 2 is 1.66 bits per heavy atom. The molecule has 2 aromatic rings. The molecule has 1 aliphatic rings. The van der Waals surface area contributed by atoms with Gasteiger partial charge in [-0.2, -0.15) is 0 Å². The number of carbonyl (C=O) groups is 3. The molecule has 0 saturated carbocycles. The summed E-state index contributed by atoms with van der Waals surface area (Å²) in [5.74, 6) is -0.659. The first-order valence-electron chi connectivity index (χ1n) is 10.00. The molecule has 29 heavy (non-hydrogen) atoms. The Kier molecular flexibility index (Phi) is 6.32. The second kappa shape index (κ2) is 8.90. The third-order valence-corrected chi connectivity index (χ3v) is 5.29. The fraction of sp³-hybridized carbons (Fsp3) is 0.348. The van der Waals surface area contributed by atoms with Crippen LogP contribution >= 0.6 is 0 Å². The first-order valence-corrected chi connectivity index (χ1v) is 10.00. The second-order valence-electron chi connectivity index (χ2n) is 7.28. The predicted molar refractivity (Wildman–Crippen MR) is 114 cm³/mol. The SMILES string of the molecule is CCN(CC)C(=O)c1ccc(NC(=O)[C@@H]2CC(=O)N(c3ccc(C)cc3)C2)cc1. The Morgan fingerprint density at radius 1 is 1.03 bits per heavy atom. The number of rotatable bonds is 6. The van der Waals surface area contributed by atoms with Crippen LogP contribution in [0.1, 0.15) is 36.2 Å². The number of hydrogen-bond acceptors (Lipinski definition) is 3. The van der Waals surface area contributed by atoms with Gasteiger partial charge in [0.15, 0.2) is 0 Å². The summed E-state index contributed by atoms with van der Waals surface area (Å²) < 4.78 is 0. The van der Waals surface area contributed by atoms with Gasteiger partial charge in [0, 0.05) is 43.0 Å². The fourth-order valence-electron chi connectivity index (χ4n) is 3.49. The lowest BCUT2D eigenvalue weighted by Crippen LogP contribution is -2.30. The Balaban J connectivity index is 1.62. The molecular formula is C23H27N3O3. The molecule has 3 amide bonds. The van der Waals surface area contributed by atoms with Crippen LogP contribution in [0, 0.1) is 12.8 Å². The van der Waals surface area contributed by atoms with E-state index < -0.39 is 5.92 Å². The number of carbonyl (C=O) groups excluding carboxylic acids is 3. The molecule has 1 fully saturated rings. The van der Waals surface area contributed by atoms with Crippen LogP contribution in [0.25, 0.3) is 0 Å². The van der Waals surface area contributed by atoms with Crippen molar-refractivity contribution in [3.05, 3.63) is 59.7 Å². The topological polar surface area (TPSA) is 69.7 Å². The van der Waals surface area contributed by atoms with E-state index in [1.54, 1.807) is 34.1 Å². The minimum atomic E-state index is -0.402. The number of nitrogens with one attached hydrogen (secondary N) is 1. The molecule has 6 nitrogen and oxygen atoms in total. The number of aryl methyl sites for hydroxylation is 1. The molecule has 152 valence electrons. The molecule has 1 aliphatic heterocycles. The molecule has 0 unspecified atom stereocenters. The first kappa shape index (κ1) is 20.6. The molecule has 0 aliphatic carbocycles. The van der Waals surface area contributed by atoms with E-state index in [0.29, 0.717) is 30.9 Å². The molecule has 6 heteroatoms. The van der Waals surface area contributed by atoms with E-state index in [1.807, 2.05) is 45.0 Å². The zero-order valence-electron chi connectivity index (χ0n) is 17.1. The van der Waals surface area contributed by atoms with Crippen molar-refractivity contribution in [3.63, 3.8) is 0 Å². The van der Waals surface area contributed by atoms with Crippen LogP contribution in [0.15, 0.2) is 48.5 Å². The standard InChI is InChI=1S/C23H27N3O3/c1-4-25(5-2)23(29)17-8-10-19(11-9-17)24-22(28)18-14-21(27)26(15-18)20-12-6-16(3)7-13-20/h6-13,18H,4-5,14-15H2,1-3H3,(H,24,28)/t18-/m1/s1. The van der Waals surface area contributed by atoms with Crippen LogP contribution in [0.3, 0.4) is 0 Å². The molecular weight excluding hydrogens is 366 g/mol. The van der Waals surface area contributed by atoms with Gasteiger partial charge < -0.3 is 15.1 Å². The third kappa shape index (κ3) is 4.65. The molecule has 3 rings (SSSR count). The van der Waals surface area contributed by atoms with Gasteiger partial charge in [-0.05, 0) is 57.2 Å². The summed E-state index contributed by atoms with van der Waals surface area (Å²) in [6, 6.07) is 14.6. The summed E-state index contributed by atoms with van der Waals surface area (Å²) in [5.41, 5.74) is 3.15. The van der Waals surface area contributed by atoms with Crippen molar-refractivity contribution >= 4 is 29.1 Å². The molecule has 1 heterocycles. The van der Waals surface area contributed by atoms with E-state index in [4.69, 9.17) is 0 Å². The van der Waals surface area contributed by atoms with Gasteiger partial charge in [-0.3, -0.25) is 14.4 Å². The maximum Gasteiger partial charge on any atom is 0.253 e. The Hall–Kier alpha value is -3.15. The van der Waals surface area contributed by atoms with Gasteiger partial charge in [-0.1, -0.05) is 17.7 Å². The highest BCUT2D eigenvalue weighted by Gasteiger charge is 2.35. The summed E-state index contributed by atoms with van der Waals surface area (Å²) in [7, 11) is 0. The van der Waals surface area contributed by atoms with Crippen molar-refractivity contribution in [3.8, 4) is 0 Å². The molecule has 2 aromatic carbocycles. The summed E-state index contributed by atoms with van der Waals surface area (Å²) in [5, 5.41) is 2.87. The molecule has 0 bridgehead atoms. The highest BCUT2D eigenvalue weighted by molar-refractivity contribution is 6.03. The lowest BCUT2D eigenvalue weighted by Gasteiger charge is -2.19. The number of amides is 3. The van der Waals surface area contributed by atoms with Crippen LogP contribution in [0.4, 0.5) is 11.4 Å². The van der Waals surface area contributed by atoms with E-state index in [0.717, 1.165) is 11.3 Å². The zero-order chi connectivity index (χ0) is 21.0. The van der Waals surface area contributed by atoms with Crippen LogP contribution in [0.5, 0.6) is 0 Å². The van der Waals surface area contributed by atoms with Gasteiger partial charge in [-0.15, -0.1) is 0 Å². The highest BCUT2D eigenvalue weighted by Crippen LogP contribution is 2.26. The first-order chi connectivity index (χ1) is 13.9. The highest BCUT2D eigenvalue weighted by atomic mass is 16.2. The van der Waals surface area contributed by atoms with Gasteiger partial charge in [0.2, 0.25) is 11.8 Å². The van der Waals surface area contributed by atoms with Crippen LogP contribution in [-0.4, -0.2) is 42.3 Å². The Labute approximate surface area is 171 Å². The van der Waals surface area contributed by atoms with Gasteiger partial charge in [0.1, 0.15) is 0 Å². The summed E-state index contributed by atoms with van der Waals surface area (Å²) in [4.78, 5) is 40.8. The van der Waals surface area contributed by atoms with Crippen molar-refractivity contribution in [1.29, 1.82) is 0 Å². The molecule has 0 aromatic heterocycles. The maximum atomic E-state index is 12.6. The average Bonchev–Trinajstić information content (AvgIpc) is 3.12. The van der Waals surface area contributed by atoms with Crippen molar-refractivity contribution < 1.29 is 14.4 Å². The largest absolute Gasteiger partial charge is 0.339 e. The minimum Gasteiger partial charge on any atom is -0.339 e. The monoisotopic (exact) mass is 393 g/mol. The van der Waals surface area contributed by atoms with E-state index >= 15 is 0 Å². The van der Waals surface area contributed by atoms with Crippen LogP contribution in [-0.2, 0) is 9.59 Å². The number of hydrogen-bond donors (Lipinski definition) is 1. The van der Waals surface area contributed by atoms with Gasteiger partial charge >= 0.3 is 0 Å². The second-order valence-corrected chi connectivity index (χ2v) is 7.28. The lowest BCUT2D eigenvalue weighted by atomic mass is 10.1. The van der Waals surface area contributed by atoms with E-state index in [-0.39, 0.29) is 24.1 Å². The zero-order valence-corrected chi connectivity index (χ0v) is 17.1. The molecule has 1 N–H and O–H groups in total. The van der Waals surface area contributed by atoms with Gasteiger partial charge in [-0.25, -0.2) is 0 Å². The molecule has 1 atom stereocenters. The van der Waals surface area contributed by atoms with Crippen molar-refractivity contribution in [2.75, 3.05) is 29.9 Å². The van der Waals surface area contributed by atoms with E-state index in [2.05, 4.69) is 5.32 Å². The van der Waals surface area contributed by atoms with Crippen molar-refractivity contribution in [1.82, 2.24) is 4.90 Å². The van der Waals surface area contributed by atoms with Crippen molar-refractivity contribution in [2.45, 2.75) is 27.2 Å². The lowest BCUT2D eigenvalue weighted by molar-refractivity contribution is -0.122. The smallest absolute Gasteiger partial charge is 0.253 e. The van der Waals surface area contributed by atoms with Crippen LogP contribution < -0.4 is 10.2 Å². The van der Waals surface area contributed by atoms with Crippen molar-refractivity contribution in [2.24, 2.45) is 5.92 Å². The fourth-order valence-corrected chi connectivity index (χ4v) is 3.49.